The summed E-state index contributed by atoms with van der Waals surface area (Å²) in [6.07, 6.45) is 3.27. The van der Waals surface area contributed by atoms with Crippen molar-refractivity contribution < 1.29 is 14.4 Å². The second kappa shape index (κ2) is 10.2. The molecule has 1 aliphatic rings. The van der Waals surface area contributed by atoms with Gasteiger partial charge in [-0.3, -0.25) is 14.4 Å². The van der Waals surface area contributed by atoms with Crippen molar-refractivity contribution in [2.45, 2.75) is 25.7 Å². The summed E-state index contributed by atoms with van der Waals surface area (Å²) in [5.41, 5.74) is 3.60. The topological polar surface area (TPSA) is 78.5 Å². The largest absolute Gasteiger partial charge is 0.348 e. The molecule has 0 radical (unpaired) electrons. The average Bonchev–Trinajstić information content (AvgIpc) is 3.36. The second-order valence-corrected chi connectivity index (χ2v) is 8.63. The van der Waals surface area contributed by atoms with Crippen molar-refractivity contribution >= 4 is 40.4 Å². The van der Waals surface area contributed by atoms with Gasteiger partial charge in [0.25, 0.3) is 5.91 Å². The van der Waals surface area contributed by atoms with Gasteiger partial charge >= 0.3 is 11.8 Å². The highest BCUT2D eigenvalue weighted by atomic mass is 32.1. The molecule has 0 aliphatic carbocycles. The zero-order chi connectivity index (χ0) is 22.3. The zero-order valence-electron chi connectivity index (χ0n) is 17.7. The van der Waals surface area contributed by atoms with E-state index in [-0.39, 0.29) is 5.91 Å². The SMILES string of the molecule is O=C(NCCCc1ccccc1)C(=O)Nc1ccc2c(c1)CCCN2C(=O)c1cccs1. The number of nitrogens with one attached hydrogen (secondary N) is 2. The molecule has 4 rings (SSSR count). The third kappa shape index (κ3) is 5.23. The van der Waals surface area contributed by atoms with E-state index in [0.717, 1.165) is 36.9 Å². The molecule has 1 aromatic heterocycles. The Labute approximate surface area is 191 Å². The van der Waals surface area contributed by atoms with Gasteiger partial charge in [-0.15, -0.1) is 11.3 Å². The monoisotopic (exact) mass is 447 g/mol. The fraction of sp³-hybridized carbons (Fsp3) is 0.240. The first-order chi connectivity index (χ1) is 15.6. The number of benzene rings is 2. The van der Waals surface area contributed by atoms with Gasteiger partial charge in [-0.1, -0.05) is 36.4 Å². The molecular weight excluding hydrogens is 422 g/mol. The molecule has 0 atom stereocenters. The van der Waals surface area contributed by atoms with Crippen LogP contribution in [0.15, 0.2) is 66.0 Å². The van der Waals surface area contributed by atoms with Gasteiger partial charge in [-0.2, -0.15) is 0 Å². The Bertz CT molecular complexity index is 1100. The number of thiophene rings is 1. The van der Waals surface area contributed by atoms with Crippen LogP contribution >= 0.6 is 11.3 Å². The third-order valence-corrected chi connectivity index (χ3v) is 6.27. The van der Waals surface area contributed by atoms with E-state index < -0.39 is 11.8 Å². The quantitative estimate of drug-likeness (QED) is 0.442. The molecule has 2 aromatic carbocycles. The number of fused-ring (bicyclic) bond motifs is 1. The highest BCUT2D eigenvalue weighted by Gasteiger charge is 2.24. The normalized spacial score (nSPS) is 12.7. The van der Waals surface area contributed by atoms with Crippen molar-refractivity contribution in [1.29, 1.82) is 0 Å². The van der Waals surface area contributed by atoms with Crippen LogP contribution in [0.1, 0.15) is 33.6 Å². The first-order valence-electron chi connectivity index (χ1n) is 10.7. The van der Waals surface area contributed by atoms with E-state index in [2.05, 4.69) is 10.6 Å². The molecule has 2 heterocycles. The van der Waals surface area contributed by atoms with Crippen LogP contribution in [-0.2, 0) is 22.4 Å². The van der Waals surface area contributed by atoms with Gasteiger partial charge < -0.3 is 15.5 Å². The van der Waals surface area contributed by atoms with E-state index in [0.29, 0.717) is 23.7 Å². The van der Waals surface area contributed by atoms with Crippen molar-refractivity contribution in [1.82, 2.24) is 5.32 Å². The molecule has 3 amide bonds. The van der Waals surface area contributed by atoms with E-state index in [4.69, 9.17) is 0 Å². The van der Waals surface area contributed by atoms with Crippen LogP contribution in [0.25, 0.3) is 0 Å². The molecule has 0 fully saturated rings. The highest BCUT2D eigenvalue weighted by Crippen LogP contribution is 2.31. The van der Waals surface area contributed by atoms with Crippen molar-refractivity contribution in [3.05, 3.63) is 82.0 Å². The number of carbonyl (C=O) groups excluding carboxylic acids is 3. The van der Waals surface area contributed by atoms with E-state index in [9.17, 15) is 14.4 Å². The van der Waals surface area contributed by atoms with Crippen LogP contribution < -0.4 is 15.5 Å². The summed E-state index contributed by atoms with van der Waals surface area (Å²) in [6.45, 7) is 1.10. The summed E-state index contributed by atoms with van der Waals surface area (Å²) in [7, 11) is 0. The lowest BCUT2D eigenvalue weighted by molar-refractivity contribution is -0.136. The lowest BCUT2D eigenvalue weighted by atomic mass is 10.0. The summed E-state index contributed by atoms with van der Waals surface area (Å²) in [4.78, 5) is 39.7. The molecule has 0 saturated heterocycles. The Morgan fingerprint density at radius 1 is 0.969 bits per heavy atom. The van der Waals surface area contributed by atoms with Crippen molar-refractivity contribution in [3.8, 4) is 0 Å². The Hall–Kier alpha value is -3.45. The minimum atomic E-state index is -0.688. The average molecular weight is 448 g/mol. The number of amides is 3. The summed E-state index contributed by atoms with van der Waals surface area (Å²) in [5.74, 6) is -1.34. The number of carbonyl (C=O) groups is 3. The fourth-order valence-electron chi connectivity index (χ4n) is 3.83. The lowest BCUT2D eigenvalue weighted by Crippen LogP contribution is -2.36. The van der Waals surface area contributed by atoms with E-state index in [1.165, 1.54) is 16.9 Å². The number of aryl methyl sites for hydroxylation is 2. The highest BCUT2D eigenvalue weighted by molar-refractivity contribution is 7.12. The number of nitrogens with zero attached hydrogens (tertiary/aromatic N) is 1. The first-order valence-corrected chi connectivity index (χ1v) is 11.6. The summed E-state index contributed by atoms with van der Waals surface area (Å²) in [5, 5.41) is 7.23. The molecule has 3 aromatic rings. The maximum atomic E-state index is 12.8. The molecule has 1 aliphatic heterocycles. The van der Waals surface area contributed by atoms with Crippen LogP contribution in [0.2, 0.25) is 0 Å². The molecule has 7 heteroatoms. The molecule has 2 N–H and O–H groups in total. The lowest BCUT2D eigenvalue weighted by Gasteiger charge is -2.29. The number of hydrogen-bond donors (Lipinski definition) is 2. The van der Waals surface area contributed by atoms with Crippen LogP contribution in [0, 0.1) is 0 Å². The molecule has 0 unspecified atom stereocenters. The minimum Gasteiger partial charge on any atom is -0.348 e. The summed E-state index contributed by atoms with van der Waals surface area (Å²) in [6, 6.07) is 19.1. The molecular formula is C25H25N3O3S. The Morgan fingerprint density at radius 3 is 2.59 bits per heavy atom. The standard InChI is InChI=1S/C25H25N3O3S/c29-23(26-14-4-9-18-7-2-1-3-8-18)24(30)27-20-12-13-21-19(17-20)10-5-15-28(21)25(31)22-11-6-16-32-22/h1-3,6-8,11-13,16-17H,4-5,9-10,14-15H2,(H,26,29)(H,27,30). The van der Waals surface area contributed by atoms with Crippen LogP contribution in [0.5, 0.6) is 0 Å². The predicted octanol–water partition coefficient (Wildman–Crippen LogP) is 4.03. The van der Waals surface area contributed by atoms with Gasteiger partial charge in [0.1, 0.15) is 0 Å². The Morgan fingerprint density at radius 2 is 1.81 bits per heavy atom. The van der Waals surface area contributed by atoms with Crippen LogP contribution in [0.4, 0.5) is 11.4 Å². The fourth-order valence-corrected chi connectivity index (χ4v) is 4.50. The van der Waals surface area contributed by atoms with Gasteiger partial charge in [0.05, 0.1) is 4.88 Å². The smallest absolute Gasteiger partial charge is 0.313 e. The molecule has 0 spiro atoms. The minimum absolute atomic E-state index is 0.00684. The maximum Gasteiger partial charge on any atom is 0.313 e. The Kier molecular flexibility index (Phi) is 6.97. The Balaban J connectivity index is 1.32. The van der Waals surface area contributed by atoms with E-state index in [1.54, 1.807) is 11.0 Å². The molecule has 0 saturated carbocycles. The van der Waals surface area contributed by atoms with Gasteiger partial charge in [-0.05, 0) is 66.5 Å². The maximum absolute atomic E-state index is 12.8. The molecule has 164 valence electrons. The number of rotatable bonds is 6. The van der Waals surface area contributed by atoms with Gasteiger partial charge in [0, 0.05) is 24.5 Å². The third-order valence-electron chi connectivity index (χ3n) is 5.41. The van der Waals surface area contributed by atoms with Gasteiger partial charge in [-0.25, -0.2) is 0 Å². The predicted molar refractivity (Wildman–Crippen MR) is 127 cm³/mol. The van der Waals surface area contributed by atoms with Crippen molar-refractivity contribution in [2.24, 2.45) is 0 Å². The molecule has 0 bridgehead atoms. The van der Waals surface area contributed by atoms with E-state index in [1.807, 2.05) is 60.0 Å². The van der Waals surface area contributed by atoms with Crippen molar-refractivity contribution in [2.75, 3.05) is 23.3 Å². The first kappa shape index (κ1) is 21.8. The van der Waals surface area contributed by atoms with Gasteiger partial charge in [0.15, 0.2) is 0 Å². The summed E-state index contributed by atoms with van der Waals surface area (Å²) >= 11 is 1.43. The number of hydrogen-bond acceptors (Lipinski definition) is 4. The number of anilines is 2. The molecule has 32 heavy (non-hydrogen) atoms. The second-order valence-electron chi connectivity index (χ2n) is 7.68. The van der Waals surface area contributed by atoms with Crippen LogP contribution in [0.3, 0.4) is 0 Å². The van der Waals surface area contributed by atoms with E-state index >= 15 is 0 Å². The van der Waals surface area contributed by atoms with Crippen LogP contribution in [-0.4, -0.2) is 30.8 Å². The molecule has 6 nitrogen and oxygen atoms in total. The van der Waals surface area contributed by atoms with Crippen molar-refractivity contribution in [3.63, 3.8) is 0 Å². The summed E-state index contributed by atoms with van der Waals surface area (Å²) < 4.78 is 0. The van der Waals surface area contributed by atoms with Gasteiger partial charge in [0.2, 0.25) is 0 Å². The zero-order valence-corrected chi connectivity index (χ0v) is 18.5.